The molecule has 1 heterocycles. The lowest BCUT2D eigenvalue weighted by molar-refractivity contribution is -0.137. The summed E-state index contributed by atoms with van der Waals surface area (Å²) >= 11 is 0. The number of nitrogens with zero attached hydrogens (tertiary/aromatic N) is 2. The van der Waals surface area contributed by atoms with Gasteiger partial charge in [-0.15, -0.1) is 0 Å². The van der Waals surface area contributed by atoms with Gasteiger partial charge in [-0.2, -0.15) is 18.3 Å². The monoisotopic (exact) mass is 302 g/mol. The smallest absolute Gasteiger partial charge is 0.382 e. The van der Waals surface area contributed by atoms with Gasteiger partial charge in [-0.3, -0.25) is 4.68 Å². The normalized spacial score (nSPS) is 13.4. The van der Waals surface area contributed by atoms with Crippen LogP contribution in [0.5, 0.6) is 0 Å². The van der Waals surface area contributed by atoms with Crippen LogP contribution in [0.15, 0.2) is 30.5 Å². The molecule has 0 saturated heterocycles. The second-order valence-electron chi connectivity index (χ2n) is 4.62. The number of hydrogen-bond acceptors (Lipinski definition) is 2. The molecule has 114 valence electrons. The molecule has 7 heteroatoms. The summed E-state index contributed by atoms with van der Waals surface area (Å²) < 4.78 is 53.3. The van der Waals surface area contributed by atoms with E-state index in [-0.39, 0.29) is 5.69 Å². The van der Waals surface area contributed by atoms with Gasteiger partial charge < -0.3 is 5.11 Å². The molecule has 1 unspecified atom stereocenters. The maximum absolute atomic E-state index is 13.8. The molecule has 0 radical (unpaired) electrons. The summed E-state index contributed by atoms with van der Waals surface area (Å²) in [4.78, 5) is 0. The van der Waals surface area contributed by atoms with Crippen molar-refractivity contribution in [2.24, 2.45) is 0 Å². The molecule has 0 saturated carbocycles. The van der Waals surface area contributed by atoms with E-state index in [2.05, 4.69) is 5.10 Å². The molecule has 1 atom stereocenters. The van der Waals surface area contributed by atoms with E-state index in [0.29, 0.717) is 24.7 Å². The Balaban J connectivity index is 2.43. The number of alkyl halides is 3. The Hall–Kier alpha value is -1.89. The molecule has 0 aliphatic rings. The molecule has 0 fully saturated rings. The van der Waals surface area contributed by atoms with E-state index in [4.69, 9.17) is 0 Å². The molecule has 0 spiro atoms. The number of aromatic nitrogens is 2. The van der Waals surface area contributed by atoms with Crippen LogP contribution in [-0.2, 0) is 12.7 Å². The van der Waals surface area contributed by atoms with Crippen molar-refractivity contribution in [3.8, 4) is 0 Å². The molecule has 1 N–H and O–H groups in total. The van der Waals surface area contributed by atoms with Gasteiger partial charge in [0.05, 0.1) is 11.3 Å². The van der Waals surface area contributed by atoms with E-state index in [0.717, 1.165) is 6.42 Å². The summed E-state index contributed by atoms with van der Waals surface area (Å²) in [6, 6.07) is 3.44. The zero-order valence-electron chi connectivity index (χ0n) is 11.2. The Morgan fingerprint density at radius 2 is 2.00 bits per heavy atom. The molecule has 3 nitrogen and oxygen atoms in total. The SMILES string of the molecule is CCCn1nccc1C(O)c1cc(C(F)(F)F)ccc1F. The summed E-state index contributed by atoms with van der Waals surface area (Å²) in [7, 11) is 0. The molecule has 21 heavy (non-hydrogen) atoms. The lowest BCUT2D eigenvalue weighted by Gasteiger charge is -2.16. The Bertz CT molecular complexity index is 622. The lowest BCUT2D eigenvalue weighted by Crippen LogP contribution is -2.13. The minimum absolute atomic E-state index is 0.259. The van der Waals surface area contributed by atoms with Gasteiger partial charge in [0.1, 0.15) is 11.9 Å². The van der Waals surface area contributed by atoms with E-state index < -0.39 is 29.2 Å². The van der Waals surface area contributed by atoms with Crippen molar-refractivity contribution in [2.75, 3.05) is 0 Å². The van der Waals surface area contributed by atoms with Gasteiger partial charge in [0, 0.05) is 18.3 Å². The fourth-order valence-electron chi connectivity index (χ4n) is 2.06. The van der Waals surface area contributed by atoms with E-state index in [1.807, 2.05) is 6.92 Å². The van der Waals surface area contributed by atoms with Crippen molar-refractivity contribution >= 4 is 0 Å². The van der Waals surface area contributed by atoms with Crippen LogP contribution >= 0.6 is 0 Å². The first-order valence-corrected chi connectivity index (χ1v) is 6.41. The van der Waals surface area contributed by atoms with Gasteiger partial charge in [0.25, 0.3) is 0 Å². The standard InChI is InChI=1S/C14H14F4N2O/c1-2-7-20-12(5-6-19-20)13(21)10-8-9(14(16,17)18)3-4-11(10)15/h3-6,8,13,21H,2,7H2,1H3. The van der Waals surface area contributed by atoms with Crippen LogP contribution < -0.4 is 0 Å². The fraction of sp³-hybridized carbons (Fsp3) is 0.357. The van der Waals surface area contributed by atoms with Crippen LogP contribution in [0.4, 0.5) is 17.6 Å². The predicted octanol–water partition coefficient (Wildman–Crippen LogP) is 3.53. The second-order valence-corrected chi connectivity index (χ2v) is 4.62. The minimum atomic E-state index is -4.59. The molecule has 0 amide bonds. The molecule has 0 aliphatic heterocycles. The number of hydrogen-bond donors (Lipinski definition) is 1. The van der Waals surface area contributed by atoms with Crippen LogP contribution in [-0.4, -0.2) is 14.9 Å². The zero-order chi connectivity index (χ0) is 15.6. The van der Waals surface area contributed by atoms with Gasteiger partial charge in [-0.1, -0.05) is 6.92 Å². The molecule has 1 aromatic carbocycles. The molecule has 0 bridgehead atoms. The summed E-state index contributed by atoms with van der Waals surface area (Å²) in [5.74, 6) is -0.889. The molecular formula is C14H14F4N2O. The Kier molecular flexibility index (Phi) is 4.32. The van der Waals surface area contributed by atoms with Crippen molar-refractivity contribution in [1.29, 1.82) is 0 Å². The second kappa shape index (κ2) is 5.85. The largest absolute Gasteiger partial charge is 0.416 e. The third-order valence-electron chi connectivity index (χ3n) is 3.08. The number of aliphatic hydroxyl groups is 1. The van der Waals surface area contributed by atoms with Crippen molar-refractivity contribution in [1.82, 2.24) is 9.78 Å². The highest BCUT2D eigenvalue weighted by atomic mass is 19.4. The van der Waals surface area contributed by atoms with Crippen LogP contribution in [0.1, 0.15) is 36.3 Å². The van der Waals surface area contributed by atoms with Gasteiger partial charge in [-0.25, -0.2) is 4.39 Å². The van der Waals surface area contributed by atoms with Crippen LogP contribution in [0.3, 0.4) is 0 Å². The van der Waals surface area contributed by atoms with Gasteiger partial charge >= 0.3 is 6.18 Å². The molecule has 1 aromatic heterocycles. The Morgan fingerprint density at radius 3 is 2.62 bits per heavy atom. The average Bonchev–Trinajstić information content (AvgIpc) is 2.86. The quantitative estimate of drug-likeness (QED) is 0.877. The fourth-order valence-corrected chi connectivity index (χ4v) is 2.06. The van der Waals surface area contributed by atoms with E-state index in [9.17, 15) is 22.7 Å². The molecule has 2 rings (SSSR count). The topological polar surface area (TPSA) is 38.0 Å². The maximum atomic E-state index is 13.8. The van der Waals surface area contributed by atoms with Crippen molar-refractivity contribution in [3.63, 3.8) is 0 Å². The molecule has 0 aliphatic carbocycles. The summed E-state index contributed by atoms with van der Waals surface area (Å²) in [5, 5.41) is 14.2. The van der Waals surface area contributed by atoms with Crippen molar-refractivity contribution < 1.29 is 22.7 Å². The number of rotatable bonds is 4. The van der Waals surface area contributed by atoms with Gasteiger partial charge in [-0.05, 0) is 30.7 Å². The number of benzene rings is 1. The predicted molar refractivity (Wildman–Crippen MR) is 68.0 cm³/mol. The Labute approximate surface area is 118 Å². The molecule has 2 aromatic rings. The van der Waals surface area contributed by atoms with Crippen molar-refractivity contribution in [2.45, 2.75) is 32.2 Å². The summed E-state index contributed by atoms with van der Waals surface area (Å²) in [6.45, 7) is 2.38. The first-order valence-electron chi connectivity index (χ1n) is 6.41. The van der Waals surface area contributed by atoms with E-state index in [1.165, 1.54) is 16.9 Å². The zero-order valence-corrected chi connectivity index (χ0v) is 11.2. The third kappa shape index (κ3) is 3.24. The minimum Gasteiger partial charge on any atom is -0.382 e. The van der Waals surface area contributed by atoms with Gasteiger partial charge in [0.2, 0.25) is 0 Å². The summed E-state index contributed by atoms with van der Waals surface area (Å²) in [6.07, 6.45) is -3.95. The van der Waals surface area contributed by atoms with Crippen molar-refractivity contribution in [3.05, 3.63) is 53.1 Å². The molecular weight excluding hydrogens is 288 g/mol. The average molecular weight is 302 g/mol. The van der Waals surface area contributed by atoms with Crippen LogP contribution in [0.2, 0.25) is 0 Å². The highest BCUT2D eigenvalue weighted by Gasteiger charge is 2.32. The summed E-state index contributed by atoms with van der Waals surface area (Å²) in [5.41, 5.74) is -1.16. The maximum Gasteiger partial charge on any atom is 0.416 e. The number of halogens is 4. The number of aryl methyl sites for hydroxylation is 1. The first-order chi connectivity index (χ1) is 9.84. The lowest BCUT2D eigenvalue weighted by atomic mass is 10.0. The van der Waals surface area contributed by atoms with Gasteiger partial charge in [0.15, 0.2) is 0 Å². The highest BCUT2D eigenvalue weighted by molar-refractivity contribution is 5.32. The van der Waals surface area contributed by atoms with E-state index >= 15 is 0 Å². The van der Waals surface area contributed by atoms with Crippen LogP contribution in [0.25, 0.3) is 0 Å². The first kappa shape index (κ1) is 15.5. The number of aliphatic hydroxyl groups excluding tert-OH is 1. The highest BCUT2D eigenvalue weighted by Crippen LogP contribution is 2.33. The van der Waals surface area contributed by atoms with E-state index in [1.54, 1.807) is 0 Å². The Morgan fingerprint density at radius 1 is 1.29 bits per heavy atom. The van der Waals surface area contributed by atoms with Crippen LogP contribution in [0, 0.1) is 5.82 Å². The third-order valence-corrected chi connectivity index (χ3v) is 3.08.